The first kappa shape index (κ1) is 14.2. The first-order valence-corrected chi connectivity index (χ1v) is 6.65. The van der Waals surface area contributed by atoms with Gasteiger partial charge in [0, 0.05) is 12.0 Å². The monoisotopic (exact) mass is 256 g/mol. The number of carbonyl (C=O) groups excluding carboxylic acids is 1. The second-order valence-electron chi connectivity index (χ2n) is 3.93. The second-order valence-corrected chi connectivity index (χ2v) is 4.91. The molecule has 0 saturated heterocycles. The van der Waals surface area contributed by atoms with Gasteiger partial charge in [-0.3, -0.25) is 4.79 Å². The van der Waals surface area contributed by atoms with Gasteiger partial charge in [-0.15, -0.1) is 11.3 Å². The highest BCUT2D eigenvalue weighted by Gasteiger charge is 2.19. The Hall–Kier alpha value is -0.910. The SMILES string of the molecule is CCCC(NC(=O)C(N)COC)c1cccs1. The lowest BCUT2D eigenvalue weighted by molar-refractivity contribution is -0.124. The number of thiophene rings is 1. The van der Waals surface area contributed by atoms with Crippen molar-refractivity contribution in [2.45, 2.75) is 31.8 Å². The Morgan fingerprint density at radius 1 is 1.65 bits per heavy atom. The van der Waals surface area contributed by atoms with E-state index in [-0.39, 0.29) is 18.6 Å². The van der Waals surface area contributed by atoms with Crippen LogP contribution in [0.4, 0.5) is 0 Å². The summed E-state index contributed by atoms with van der Waals surface area (Å²) in [7, 11) is 1.54. The van der Waals surface area contributed by atoms with E-state index in [0.717, 1.165) is 12.8 Å². The van der Waals surface area contributed by atoms with Crippen molar-refractivity contribution in [2.75, 3.05) is 13.7 Å². The molecule has 1 amide bonds. The molecule has 2 unspecified atom stereocenters. The predicted molar refractivity (Wildman–Crippen MR) is 70.0 cm³/mol. The largest absolute Gasteiger partial charge is 0.383 e. The van der Waals surface area contributed by atoms with Crippen LogP contribution in [0.5, 0.6) is 0 Å². The van der Waals surface area contributed by atoms with Gasteiger partial charge in [0.25, 0.3) is 0 Å². The molecule has 0 aliphatic carbocycles. The van der Waals surface area contributed by atoms with E-state index in [9.17, 15) is 4.79 Å². The zero-order valence-electron chi connectivity index (χ0n) is 10.3. The summed E-state index contributed by atoms with van der Waals surface area (Å²) < 4.78 is 4.87. The molecule has 0 aliphatic heterocycles. The summed E-state index contributed by atoms with van der Waals surface area (Å²) >= 11 is 1.65. The highest BCUT2D eigenvalue weighted by atomic mass is 32.1. The number of ether oxygens (including phenoxy) is 1. The van der Waals surface area contributed by atoms with Crippen molar-refractivity contribution in [3.8, 4) is 0 Å². The van der Waals surface area contributed by atoms with Gasteiger partial charge in [-0.1, -0.05) is 19.4 Å². The van der Waals surface area contributed by atoms with Crippen LogP contribution in [0.1, 0.15) is 30.7 Å². The number of carbonyl (C=O) groups is 1. The molecule has 4 nitrogen and oxygen atoms in total. The first-order valence-electron chi connectivity index (χ1n) is 5.77. The van der Waals surface area contributed by atoms with Crippen LogP contribution in [0.15, 0.2) is 17.5 Å². The normalized spacial score (nSPS) is 14.3. The van der Waals surface area contributed by atoms with Gasteiger partial charge >= 0.3 is 0 Å². The standard InChI is InChI=1S/C12H20N2O2S/c1-3-5-10(11-6-4-7-17-11)14-12(15)9(13)8-16-2/h4,6-7,9-10H,3,5,8,13H2,1-2H3,(H,14,15). The summed E-state index contributed by atoms with van der Waals surface area (Å²) in [6.07, 6.45) is 1.94. The molecular formula is C12H20N2O2S. The Kier molecular flexibility index (Phi) is 6.18. The van der Waals surface area contributed by atoms with Crippen LogP contribution < -0.4 is 11.1 Å². The van der Waals surface area contributed by atoms with Crippen LogP contribution in [-0.4, -0.2) is 25.7 Å². The van der Waals surface area contributed by atoms with Gasteiger partial charge in [-0.25, -0.2) is 0 Å². The second kappa shape index (κ2) is 7.42. The van der Waals surface area contributed by atoms with Crippen LogP contribution >= 0.6 is 11.3 Å². The number of rotatable bonds is 7. The van der Waals surface area contributed by atoms with Crippen molar-refractivity contribution < 1.29 is 9.53 Å². The minimum absolute atomic E-state index is 0.0652. The van der Waals surface area contributed by atoms with Crippen LogP contribution in [0.2, 0.25) is 0 Å². The minimum atomic E-state index is -0.598. The van der Waals surface area contributed by atoms with E-state index in [1.807, 2.05) is 17.5 Å². The van der Waals surface area contributed by atoms with Crippen LogP contribution in [0.3, 0.4) is 0 Å². The van der Waals surface area contributed by atoms with Crippen LogP contribution in [-0.2, 0) is 9.53 Å². The lowest BCUT2D eigenvalue weighted by atomic mass is 10.1. The molecule has 0 aliphatic rings. The number of methoxy groups -OCH3 is 1. The highest BCUT2D eigenvalue weighted by Crippen LogP contribution is 2.23. The molecule has 0 saturated carbocycles. The number of nitrogens with one attached hydrogen (secondary N) is 1. The Bertz CT molecular complexity index is 327. The van der Waals surface area contributed by atoms with Gasteiger partial charge in [0.05, 0.1) is 12.6 Å². The van der Waals surface area contributed by atoms with Gasteiger partial charge in [0.15, 0.2) is 0 Å². The lowest BCUT2D eigenvalue weighted by Crippen LogP contribution is -2.44. The molecule has 0 fully saturated rings. The van der Waals surface area contributed by atoms with Crippen molar-refractivity contribution >= 4 is 17.2 Å². The van der Waals surface area contributed by atoms with Crippen molar-refractivity contribution in [3.63, 3.8) is 0 Å². The third-order valence-electron chi connectivity index (χ3n) is 2.46. The van der Waals surface area contributed by atoms with E-state index in [2.05, 4.69) is 12.2 Å². The first-order chi connectivity index (χ1) is 8.19. The van der Waals surface area contributed by atoms with E-state index >= 15 is 0 Å². The lowest BCUT2D eigenvalue weighted by Gasteiger charge is -2.19. The summed E-state index contributed by atoms with van der Waals surface area (Å²) in [5.74, 6) is -0.154. The maximum Gasteiger partial charge on any atom is 0.239 e. The van der Waals surface area contributed by atoms with Crippen molar-refractivity contribution in [2.24, 2.45) is 5.73 Å². The molecule has 96 valence electrons. The smallest absolute Gasteiger partial charge is 0.239 e. The van der Waals surface area contributed by atoms with Gasteiger partial charge in [0.1, 0.15) is 6.04 Å². The maximum absolute atomic E-state index is 11.8. The molecule has 1 rings (SSSR count). The van der Waals surface area contributed by atoms with Gasteiger partial charge < -0.3 is 15.8 Å². The zero-order valence-corrected chi connectivity index (χ0v) is 11.1. The van der Waals surface area contributed by atoms with Crippen molar-refractivity contribution in [1.82, 2.24) is 5.32 Å². The molecule has 0 aromatic carbocycles. The Morgan fingerprint density at radius 3 is 2.94 bits per heavy atom. The van der Waals surface area contributed by atoms with Crippen molar-refractivity contribution in [3.05, 3.63) is 22.4 Å². The van der Waals surface area contributed by atoms with Gasteiger partial charge in [-0.05, 0) is 17.9 Å². The average molecular weight is 256 g/mol. The molecule has 0 radical (unpaired) electrons. The third-order valence-corrected chi connectivity index (χ3v) is 3.45. The number of hydrogen-bond donors (Lipinski definition) is 2. The molecule has 1 heterocycles. The molecule has 5 heteroatoms. The van der Waals surface area contributed by atoms with Crippen LogP contribution in [0, 0.1) is 0 Å². The molecular weight excluding hydrogens is 236 g/mol. The van der Waals surface area contributed by atoms with E-state index in [0.29, 0.717) is 0 Å². The predicted octanol–water partition coefficient (Wildman–Crippen LogP) is 1.68. The van der Waals surface area contributed by atoms with Crippen LogP contribution in [0.25, 0.3) is 0 Å². The summed E-state index contributed by atoms with van der Waals surface area (Å²) in [5.41, 5.74) is 5.69. The van der Waals surface area contributed by atoms with E-state index in [1.165, 1.54) is 12.0 Å². The number of nitrogens with two attached hydrogens (primary N) is 1. The number of hydrogen-bond acceptors (Lipinski definition) is 4. The Morgan fingerprint density at radius 2 is 2.41 bits per heavy atom. The van der Waals surface area contributed by atoms with Crippen molar-refractivity contribution in [1.29, 1.82) is 0 Å². The molecule has 0 spiro atoms. The molecule has 17 heavy (non-hydrogen) atoms. The summed E-state index contributed by atoms with van der Waals surface area (Å²) in [6.45, 7) is 2.34. The minimum Gasteiger partial charge on any atom is -0.383 e. The fourth-order valence-corrected chi connectivity index (χ4v) is 2.41. The van der Waals surface area contributed by atoms with Gasteiger partial charge in [0.2, 0.25) is 5.91 Å². The molecule has 2 atom stereocenters. The molecule has 1 aromatic heterocycles. The third kappa shape index (κ3) is 4.46. The Balaban J connectivity index is 2.58. The summed E-state index contributed by atoms with van der Waals surface area (Å²) in [6, 6.07) is 3.49. The average Bonchev–Trinajstić information content (AvgIpc) is 2.82. The van der Waals surface area contributed by atoms with E-state index in [4.69, 9.17) is 10.5 Å². The fourth-order valence-electron chi connectivity index (χ4n) is 1.60. The van der Waals surface area contributed by atoms with E-state index < -0.39 is 6.04 Å². The highest BCUT2D eigenvalue weighted by molar-refractivity contribution is 7.10. The summed E-state index contributed by atoms with van der Waals surface area (Å²) in [5, 5.41) is 4.98. The maximum atomic E-state index is 11.8. The number of amides is 1. The van der Waals surface area contributed by atoms with E-state index in [1.54, 1.807) is 11.3 Å². The Labute approximate surface area is 106 Å². The molecule has 0 bridgehead atoms. The molecule has 3 N–H and O–H groups in total. The fraction of sp³-hybridized carbons (Fsp3) is 0.583. The zero-order chi connectivity index (χ0) is 12.7. The van der Waals surface area contributed by atoms with Gasteiger partial charge in [-0.2, -0.15) is 0 Å². The quantitative estimate of drug-likeness (QED) is 0.780. The molecule has 1 aromatic rings. The topological polar surface area (TPSA) is 64.4 Å². The summed E-state index contributed by atoms with van der Waals surface area (Å²) in [4.78, 5) is 13.0.